The molecule has 162 valence electrons. The van der Waals surface area contributed by atoms with E-state index >= 15 is 0 Å². The first-order valence-electron chi connectivity index (χ1n) is 11.1. The molecular formula is C26H29NO4. The van der Waals surface area contributed by atoms with Gasteiger partial charge >= 0.3 is 5.97 Å². The number of para-hydroxylation sites is 1. The zero-order valence-corrected chi connectivity index (χ0v) is 18.6. The normalized spacial score (nSPS) is 23.3. The van der Waals surface area contributed by atoms with Gasteiger partial charge in [-0.3, -0.25) is 9.59 Å². The molecule has 2 amide bonds. The summed E-state index contributed by atoms with van der Waals surface area (Å²) in [5.74, 6) is 0.101. The summed E-state index contributed by atoms with van der Waals surface area (Å²) >= 11 is 0. The molecule has 1 saturated carbocycles. The van der Waals surface area contributed by atoms with Crippen molar-refractivity contribution in [2.24, 2.45) is 17.8 Å². The topological polar surface area (TPSA) is 63.7 Å². The fourth-order valence-electron chi connectivity index (χ4n) is 4.86. The van der Waals surface area contributed by atoms with Crippen molar-refractivity contribution < 1.29 is 19.1 Å². The molecule has 5 heteroatoms. The van der Waals surface area contributed by atoms with Crippen LogP contribution in [0.1, 0.15) is 76.7 Å². The first-order valence-corrected chi connectivity index (χ1v) is 11.1. The Hall–Kier alpha value is -2.95. The van der Waals surface area contributed by atoms with Crippen molar-refractivity contribution in [2.75, 3.05) is 4.90 Å². The number of hydrogen-bond acceptors (Lipinski definition) is 4. The summed E-state index contributed by atoms with van der Waals surface area (Å²) < 4.78 is 5.93. The van der Waals surface area contributed by atoms with E-state index < -0.39 is 11.9 Å². The van der Waals surface area contributed by atoms with Crippen molar-refractivity contribution >= 4 is 23.5 Å². The number of benzene rings is 2. The van der Waals surface area contributed by atoms with E-state index in [0.29, 0.717) is 34.6 Å². The number of aryl methyl sites for hydroxylation is 1. The Balaban J connectivity index is 1.58. The predicted octanol–water partition coefficient (Wildman–Crippen LogP) is 5.41. The molecule has 2 aliphatic rings. The number of anilines is 1. The van der Waals surface area contributed by atoms with Gasteiger partial charge in [-0.05, 0) is 67.3 Å². The van der Waals surface area contributed by atoms with Gasteiger partial charge in [0.1, 0.15) is 6.10 Å². The Morgan fingerprint density at radius 3 is 2.45 bits per heavy atom. The number of hydrogen-bond donors (Lipinski definition) is 0. The average Bonchev–Trinajstić information content (AvgIpc) is 2.98. The van der Waals surface area contributed by atoms with Gasteiger partial charge in [-0.1, -0.05) is 45.4 Å². The van der Waals surface area contributed by atoms with E-state index in [2.05, 4.69) is 20.8 Å². The molecule has 3 atom stereocenters. The Labute approximate surface area is 183 Å². The number of fused-ring (bicyclic) bond motifs is 1. The van der Waals surface area contributed by atoms with Gasteiger partial charge in [0.05, 0.1) is 22.4 Å². The van der Waals surface area contributed by atoms with Crippen molar-refractivity contribution in [3.05, 3.63) is 64.7 Å². The predicted molar refractivity (Wildman–Crippen MR) is 119 cm³/mol. The summed E-state index contributed by atoms with van der Waals surface area (Å²) in [6.45, 7) is 8.39. The van der Waals surface area contributed by atoms with Gasteiger partial charge in [-0.2, -0.15) is 0 Å². The minimum atomic E-state index is -0.429. The maximum atomic E-state index is 13.1. The SMILES string of the molecule is Cc1ccccc1N1C(=O)c2ccc(C(=O)O[C@@H]3C[C@H](C)CC[C@H]3C(C)C)cc2C1=O. The third-order valence-electron chi connectivity index (χ3n) is 6.70. The second-order valence-corrected chi connectivity index (χ2v) is 9.26. The van der Waals surface area contributed by atoms with Crippen LogP contribution in [0, 0.1) is 24.7 Å². The van der Waals surface area contributed by atoms with E-state index in [0.717, 1.165) is 24.8 Å². The third kappa shape index (κ3) is 3.89. The molecule has 0 unspecified atom stereocenters. The van der Waals surface area contributed by atoms with E-state index in [-0.39, 0.29) is 17.6 Å². The number of carbonyl (C=O) groups is 3. The third-order valence-corrected chi connectivity index (χ3v) is 6.70. The summed E-state index contributed by atoms with van der Waals surface area (Å²) in [6, 6.07) is 11.9. The minimum Gasteiger partial charge on any atom is -0.458 e. The zero-order chi connectivity index (χ0) is 22.3. The lowest BCUT2D eigenvalue weighted by atomic mass is 9.75. The Kier molecular flexibility index (Phi) is 5.69. The molecule has 0 saturated heterocycles. The van der Waals surface area contributed by atoms with Gasteiger partial charge in [-0.15, -0.1) is 0 Å². The second-order valence-electron chi connectivity index (χ2n) is 9.26. The largest absolute Gasteiger partial charge is 0.458 e. The van der Waals surface area contributed by atoms with Gasteiger partial charge in [0.15, 0.2) is 0 Å². The average molecular weight is 420 g/mol. The van der Waals surface area contributed by atoms with Crippen LogP contribution in [0.3, 0.4) is 0 Å². The molecule has 0 spiro atoms. The van der Waals surface area contributed by atoms with E-state index in [9.17, 15) is 14.4 Å². The van der Waals surface area contributed by atoms with Crippen LogP contribution in [0.4, 0.5) is 5.69 Å². The van der Waals surface area contributed by atoms with Crippen LogP contribution in [0.25, 0.3) is 0 Å². The highest BCUT2D eigenvalue weighted by atomic mass is 16.5. The van der Waals surface area contributed by atoms with Gasteiger partial charge < -0.3 is 4.74 Å². The van der Waals surface area contributed by atoms with E-state index in [1.807, 2.05) is 19.1 Å². The Bertz CT molecular complexity index is 1040. The number of esters is 1. The Morgan fingerprint density at radius 1 is 1.03 bits per heavy atom. The van der Waals surface area contributed by atoms with Crippen LogP contribution < -0.4 is 4.90 Å². The van der Waals surface area contributed by atoms with Gasteiger partial charge in [0.25, 0.3) is 11.8 Å². The highest BCUT2D eigenvalue weighted by Crippen LogP contribution is 2.36. The van der Waals surface area contributed by atoms with Gasteiger partial charge in [0, 0.05) is 0 Å². The first kappa shape index (κ1) is 21.3. The highest BCUT2D eigenvalue weighted by Gasteiger charge is 2.38. The van der Waals surface area contributed by atoms with Gasteiger partial charge in [0.2, 0.25) is 0 Å². The van der Waals surface area contributed by atoms with Gasteiger partial charge in [-0.25, -0.2) is 9.69 Å². The van der Waals surface area contributed by atoms with Crippen LogP contribution in [0.2, 0.25) is 0 Å². The number of amides is 2. The molecule has 2 aromatic carbocycles. The number of rotatable bonds is 4. The molecule has 1 aliphatic heterocycles. The van der Waals surface area contributed by atoms with Crippen LogP contribution >= 0.6 is 0 Å². The molecule has 1 heterocycles. The number of ether oxygens (including phenoxy) is 1. The summed E-state index contributed by atoms with van der Waals surface area (Å²) in [6.07, 6.45) is 2.95. The molecule has 2 aromatic rings. The molecule has 0 bridgehead atoms. The molecule has 5 nitrogen and oxygen atoms in total. The molecule has 0 radical (unpaired) electrons. The zero-order valence-electron chi connectivity index (χ0n) is 18.6. The second kappa shape index (κ2) is 8.29. The quantitative estimate of drug-likeness (QED) is 0.491. The summed E-state index contributed by atoms with van der Waals surface area (Å²) in [5.41, 5.74) is 2.28. The fraction of sp³-hybridized carbons (Fsp3) is 0.423. The van der Waals surface area contributed by atoms with E-state index in [1.54, 1.807) is 24.3 Å². The number of carbonyl (C=O) groups excluding carboxylic acids is 3. The molecule has 4 rings (SSSR count). The molecular weight excluding hydrogens is 390 g/mol. The fourth-order valence-corrected chi connectivity index (χ4v) is 4.86. The molecule has 0 aromatic heterocycles. The van der Waals surface area contributed by atoms with E-state index in [1.165, 1.54) is 11.0 Å². The van der Waals surface area contributed by atoms with Crippen molar-refractivity contribution in [3.8, 4) is 0 Å². The summed E-state index contributed by atoms with van der Waals surface area (Å²) in [5, 5.41) is 0. The molecule has 31 heavy (non-hydrogen) atoms. The summed E-state index contributed by atoms with van der Waals surface area (Å²) in [7, 11) is 0. The lowest BCUT2D eigenvalue weighted by Gasteiger charge is -2.36. The van der Waals surface area contributed by atoms with Crippen LogP contribution in [0.5, 0.6) is 0 Å². The maximum Gasteiger partial charge on any atom is 0.338 e. The van der Waals surface area contributed by atoms with Crippen molar-refractivity contribution in [2.45, 2.75) is 53.1 Å². The standard InChI is InChI=1S/C26H29NO4/c1-15(2)19-11-9-16(3)13-23(19)31-26(30)18-10-12-20-21(14-18)25(29)27(24(20)28)22-8-6-5-7-17(22)4/h5-8,10,12,14-16,19,23H,9,11,13H2,1-4H3/t16-,19+,23-/m1/s1. The smallest absolute Gasteiger partial charge is 0.338 e. The van der Waals surface area contributed by atoms with Crippen LogP contribution in [-0.2, 0) is 4.74 Å². The van der Waals surface area contributed by atoms with Crippen molar-refractivity contribution in [1.82, 2.24) is 0 Å². The van der Waals surface area contributed by atoms with Crippen LogP contribution in [0.15, 0.2) is 42.5 Å². The Morgan fingerprint density at radius 2 is 1.74 bits per heavy atom. The van der Waals surface area contributed by atoms with Crippen molar-refractivity contribution in [3.63, 3.8) is 0 Å². The first-order chi connectivity index (χ1) is 14.8. The van der Waals surface area contributed by atoms with E-state index in [4.69, 9.17) is 4.74 Å². The highest BCUT2D eigenvalue weighted by molar-refractivity contribution is 6.34. The maximum absolute atomic E-state index is 13.1. The summed E-state index contributed by atoms with van der Waals surface area (Å²) in [4.78, 5) is 40.1. The van der Waals surface area contributed by atoms with Crippen molar-refractivity contribution in [1.29, 1.82) is 0 Å². The van der Waals surface area contributed by atoms with Crippen LogP contribution in [-0.4, -0.2) is 23.9 Å². The minimum absolute atomic E-state index is 0.120. The lowest BCUT2D eigenvalue weighted by Crippen LogP contribution is -2.35. The monoisotopic (exact) mass is 419 g/mol. The molecule has 1 aliphatic carbocycles. The number of imide groups is 1. The molecule has 0 N–H and O–H groups in total. The molecule has 1 fully saturated rings. The number of nitrogens with zero attached hydrogens (tertiary/aromatic N) is 1. The lowest BCUT2D eigenvalue weighted by molar-refractivity contribution is -0.0174.